The maximum atomic E-state index is 11.7. The van der Waals surface area contributed by atoms with Gasteiger partial charge in [-0.05, 0) is 45.0 Å². The van der Waals surface area contributed by atoms with Crippen LogP contribution in [-0.4, -0.2) is 39.8 Å². The second-order valence-corrected chi connectivity index (χ2v) is 7.16. The molecule has 0 saturated carbocycles. The molecule has 0 bridgehead atoms. The summed E-state index contributed by atoms with van der Waals surface area (Å²) in [4.78, 5) is 11.7. The molecule has 1 atom stereocenters. The van der Waals surface area contributed by atoms with Gasteiger partial charge in [-0.25, -0.2) is 8.42 Å². The topological polar surface area (TPSA) is 75.7 Å². The largest absolute Gasteiger partial charge is 0.481 e. The number of ether oxygens (including phenoxy) is 1. The Morgan fingerprint density at radius 3 is 2.14 bits per heavy atom. The van der Waals surface area contributed by atoms with Crippen LogP contribution in [0, 0.1) is 0 Å². The summed E-state index contributed by atoms with van der Waals surface area (Å²) in [6.07, 6.45) is 0.515. The number of benzene rings is 1. The maximum absolute atomic E-state index is 11.7. The Morgan fingerprint density at radius 2 is 1.71 bits per heavy atom. The van der Waals surface area contributed by atoms with Crippen LogP contribution in [0.3, 0.4) is 0 Å². The summed E-state index contributed by atoms with van der Waals surface area (Å²) in [5, 5.41) is 2.76. The number of hydrogen-bond acceptors (Lipinski definition) is 4. The smallest absolute Gasteiger partial charge is 0.260 e. The highest BCUT2D eigenvalue weighted by Gasteiger charge is 2.16. The molecule has 1 aromatic rings. The van der Waals surface area contributed by atoms with Crippen molar-refractivity contribution in [2.45, 2.75) is 32.9 Å². The molecule has 6 nitrogen and oxygen atoms in total. The average Bonchev–Trinajstić information content (AvgIpc) is 2.36. The second-order valence-electron chi connectivity index (χ2n) is 5.15. The van der Waals surface area contributed by atoms with Gasteiger partial charge in [0, 0.05) is 13.1 Å². The fourth-order valence-corrected chi connectivity index (χ4v) is 2.09. The summed E-state index contributed by atoms with van der Waals surface area (Å²) in [7, 11) is -1.81. The molecule has 21 heavy (non-hydrogen) atoms. The molecule has 0 unspecified atom stereocenters. The lowest BCUT2D eigenvalue weighted by Gasteiger charge is -2.19. The van der Waals surface area contributed by atoms with Crippen LogP contribution in [-0.2, 0) is 14.8 Å². The Hall–Kier alpha value is -1.76. The standard InChI is InChI=1S/C14H22N2O4S/c1-10(2)15-14(17)11(3)20-13-8-6-12(7-9-13)16(4)21(5,18)19/h6-11H,1-5H3,(H,15,17)/t11-/m1/s1. The molecular formula is C14H22N2O4S. The first-order chi connectivity index (χ1) is 9.61. The van der Waals surface area contributed by atoms with Crippen molar-refractivity contribution in [1.29, 1.82) is 0 Å². The minimum absolute atomic E-state index is 0.0503. The normalized spacial score (nSPS) is 12.9. The highest BCUT2D eigenvalue weighted by atomic mass is 32.2. The van der Waals surface area contributed by atoms with E-state index in [4.69, 9.17) is 4.74 Å². The average molecular weight is 314 g/mol. The number of hydrogen-bond donors (Lipinski definition) is 1. The monoisotopic (exact) mass is 314 g/mol. The van der Waals surface area contributed by atoms with Crippen LogP contribution >= 0.6 is 0 Å². The van der Waals surface area contributed by atoms with E-state index in [0.29, 0.717) is 11.4 Å². The van der Waals surface area contributed by atoms with Crippen molar-refractivity contribution in [3.05, 3.63) is 24.3 Å². The third kappa shape index (κ3) is 5.26. The number of carbonyl (C=O) groups is 1. The quantitative estimate of drug-likeness (QED) is 0.860. The first kappa shape index (κ1) is 17.3. The van der Waals surface area contributed by atoms with Crippen molar-refractivity contribution < 1.29 is 17.9 Å². The molecule has 0 aliphatic rings. The maximum Gasteiger partial charge on any atom is 0.260 e. The van der Waals surface area contributed by atoms with Crippen molar-refractivity contribution in [1.82, 2.24) is 5.32 Å². The van der Waals surface area contributed by atoms with Crippen LogP contribution in [0.5, 0.6) is 5.75 Å². The van der Waals surface area contributed by atoms with E-state index in [9.17, 15) is 13.2 Å². The van der Waals surface area contributed by atoms with Crippen molar-refractivity contribution in [3.8, 4) is 5.75 Å². The Morgan fingerprint density at radius 1 is 1.19 bits per heavy atom. The van der Waals surface area contributed by atoms with Gasteiger partial charge in [-0.15, -0.1) is 0 Å². The predicted octanol–water partition coefficient (Wildman–Crippen LogP) is 1.37. The lowest BCUT2D eigenvalue weighted by atomic mass is 10.3. The molecule has 1 rings (SSSR count). The fourth-order valence-electron chi connectivity index (χ4n) is 1.59. The molecule has 1 amide bonds. The van der Waals surface area contributed by atoms with Crippen LogP contribution in [0.2, 0.25) is 0 Å². The van der Waals surface area contributed by atoms with Crippen LogP contribution in [0.25, 0.3) is 0 Å². The third-order valence-electron chi connectivity index (χ3n) is 2.81. The minimum Gasteiger partial charge on any atom is -0.481 e. The lowest BCUT2D eigenvalue weighted by molar-refractivity contribution is -0.127. The van der Waals surface area contributed by atoms with E-state index < -0.39 is 16.1 Å². The molecule has 1 N–H and O–H groups in total. The van der Waals surface area contributed by atoms with Gasteiger partial charge in [0.2, 0.25) is 10.0 Å². The molecule has 0 aliphatic carbocycles. The van der Waals surface area contributed by atoms with Crippen LogP contribution in [0.4, 0.5) is 5.69 Å². The zero-order valence-electron chi connectivity index (χ0n) is 13.0. The van der Waals surface area contributed by atoms with E-state index in [-0.39, 0.29) is 11.9 Å². The van der Waals surface area contributed by atoms with Gasteiger partial charge in [0.05, 0.1) is 11.9 Å². The fraction of sp³-hybridized carbons (Fsp3) is 0.500. The third-order valence-corrected chi connectivity index (χ3v) is 4.02. The molecule has 7 heteroatoms. The van der Waals surface area contributed by atoms with Crippen LogP contribution < -0.4 is 14.4 Å². The number of anilines is 1. The Bertz CT molecular complexity index is 581. The molecule has 118 valence electrons. The minimum atomic E-state index is -3.29. The lowest BCUT2D eigenvalue weighted by Crippen LogP contribution is -2.40. The number of rotatable bonds is 6. The summed E-state index contributed by atoms with van der Waals surface area (Å²) >= 11 is 0. The van der Waals surface area contributed by atoms with Gasteiger partial charge in [0.15, 0.2) is 6.10 Å². The van der Waals surface area contributed by atoms with Crippen molar-refractivity contribution in [2.75, 3.05) is 17.6 Å². The van der Waals surface area contributed by atoms with E-state index in [2.05, 4.69) is 5.32 Å². The van der Waals surface area contributed by atoms with Gasteiger partial charge >= 0.3 is 0 Å². The van der Waals surface area contributed by atoms with Gasteiger partial charge in [-0.1, -0.05) is 0 Å². The van der Waals surface area contributed by atoms with E-state index in [1.54, 1.807) is 31.2 Å². The molecule has 0 radical (unpaired) electrons. The zero-order chi connectivity index (χ0) is 16.2. The predicted molar refractivity (Wildman–Crippen MR) is 83.1 cm³/mol. The molecule has 0 fully saturated rings. The van der Waals surface area contributed by atoms with Gasteiger partial charge in [-0.2, -0.15) is 0 Å². The van der Waals surface area contributed by atoms with E-state index >= 15 is 0 Å². The zero-order valence-corrected chi connectivity index (χ0v) is 13.8. The van der Waals surface area contributed by atoms with Gasteiger partial charge in [-0.3, -0.25) is 9.10 Å². The Balaban J connectivity index is 2.73. The molecule has 1 aromatic carbocycles. The number of sulfonamides is 1. The highest BCUT2D eigenvalue weighted by molar-refractivity contribution is 7.92. The molecular weight excluding hydrogens is 292 g/mol. The van der Waals surface area contributed by atoms with E-state index in [1.165, 1.54) is 11.4 Å². The van der Waals surface area contributed by atoms with Crippen molar-refractivity contribution in [2.24, 2.45) is 0 Å². The first-order valence-electron chi connectivity index (χ1n) is 6.62. The summed E-state index contributed by atoms with van der Waals surface area (Å²) in [5.41, 5.74) is 0.532. The number of carbonyl (C=O) groups excluding carboxylic acids is 1. The summed E-state index contributed by atoms with van der Waals surface area (Å²) in [5.74, 6) is 0.314. The highest BCUT2D eigenvalue weighted by Crippen LogP contribution is 2.21. The van der Waals surface area contributed by atoms with Gasteiger partial charge < -0.3 is 10.1 Å². The second kappa shape index (κ2) is 6.80. The summed E-state index contributed by atoms with van der Waals surface area (Å²) < 4.78 is 29.5. The van der Waals surface area contributed by atoms with E-state index in [0.717, 1.165) is 6.26 Å². The molecule has 0 saturated heterocycles. The first-order valence-corrected chi connectivity index (χ1v) is 8.47. The SMILES string of the molecule is CC(C)NC(=O)[C@@H](C)Oc1ccc(N(C)S(C)(=O)=O)cc1. The Kier molecular flexibility index (Phi) is 5.60. The molecule has 0 spiro atoms. The number of nitrogens with one attached hydrogen (secondary N) is 1. The van der Waals surface area contributed by atoms with E-state index in [1.807, 2.05) is 13.8 Å². The molecule has 0 aromatic heterocycles. The number of amides is 1. The van der Waals surface area contributed by atoms with Gasteiger partial charge in [0.1, 0.15) is 5.75 Å². The van der Waals surface area contributed by atoms with Crippen LogP contribution in [0.1, 0.15) is 20.8 Å². The number of nitrogens with zero attached hydrogens (tertiary/aromatic N) is 1. The van der Waals surface area contributed by atoms with Crippen LogP contribution in [0.15, 0.2) is 24.3 Å². The molecule has 0 aliphatic heterocycles. The molecule has 0 heterocycles. The summed E-state index contributed by atoms with van der Waals surface area (Å²) in [6.45, 7) is 5.41. The Labute approximate surface area is 126 Å². The van der Waals surface area contributed by atoms with Crippen molar-refractivity contribution >= 4 is 21.6 Å². The van der Waals surface area contributed by atoms with Gasteiger partial charge in [0.25, 0.3) is 5.91 Å². The van der Waals surface area contributed by atoms with Crippen molar-refractivity contribution in [3.63, 3.8) is 0 Å². The summed E-state index contributed by atoms with van der Waals surface area (Å²) in [6, 6.07) is 6.58.